The topological polar surface area (TPSA) is 57.7 Å². The van der Waals surface area contributed by atoms with Gasteiger partial charge in [-0.3, -0.25) is 19.3 Å². The minimum Gasteiger partial charge on any atom is -0.338 e. The maximum Gasteiger partial charge on any atom is 0.233 e. The summed E-state index contributed by atoms with van der Waals surface area (Å²) in [6.07, 6.45) is 5.67. The maximum atomic E-state index is 12.6. The molecule has 3 aliphatic rings. The van der Waals surface area contributed by atoms with Crippen molar-refractivity contribution in [1.29, 1.82) is 0 Å². The molecule has 1 aromatic carbocycles. The number of thioether (sulfide) groups is 1. The molecule has 3 amide bonds. The highest BCUT2D eigenvalue weighted by atomic mass is 32.2. The molecule has 6 heteroatoms. The third-order valence-electron chi connectivity index (χ3n) is 5.77. The first-order valence-electron chi connectivity index (χ1n) is 9.99. The number of carbonyl (C=O) groups excluding carboxylic acids is 3. The second-order valence-electron chi connectivity index (χ2n) is 8.14. The minimum absolute atomic E-state index is 0.0466. The number of hydrogen-bond acceptors (Lipinski definition) is 4. The summed E-state index contributed by atoms with van der Waals surface area (Å²) in [6.45, 7) is 5.24. The highest BCUT2D eigenvalue weighted by Gasteiger charge is 2.52. The summed E-state index contributed by atoms with van der Waals surface area (Å²) < 4.78 is 0. The number of rotatable bonds is 5. The van der Waals surface area contributed by atoms with Gasteiger partial charge in [-0.05, 0) is 30.5 Å². The molecule has 2 saturated heterocycles. The fourth-order valence-corrected chi connectivity index (χ4v) is 5.09. The highest BCUT2D eigenvalue weighted by molar-refractivity contribution is 7.99. The number of allylic oxidation sites excluding steroid dienone is 2. The summed E-state index contributed by atoms with van der Waals surface area (Å²) in [6, 6.07) is 7.97. The van der Waals surface area contributed by atoms with Gasteiger partial charge in [0.2, 0.25) is 17.7 Å². The number of imide groups is 1. The monoisotopic (exact) mass is 398 g/mol. The summed E-state index contributed by atoms with van der Waals surface area (Å²) in [5.41, 5.74) is 0.993. The number of amides is 3. The van der Waals surface area contributed by atoms with Gasteiger partial charge < -0.3 is 4.90 Å². The van der Waals surface area contributed by atoms with Crippen molar-refractivity contribution in [3.8, 4) is 0 Å². The predicted molar refractivity (Wildman–Crippen MR) is 109 cm³/mol. The summed E-state index contributed by atoms with van der Waals surface area (Å²) in [7, 11) is 0. The Hall–Kier alpha value is -2.08. The smallest absolute Gasteiger partial charge is 0.233 e. The fraction of sp³-hybridized carbons (Fsp3) is 0.500. The largest absolute Gasteiger partial charge is 0.338 e. The molecule has 0 saturated carbocycles. The molecule has 1 aromatic rings. The Bertz CT molecular complexity index is 786. The first kappa shape index (κ1) is 19.2. The normalized spacial score (nSPS) is 24.7. The Morgan fingerprint density at radius 2 is 1.61 bits per heavy atom. The van der Waals surface area contributed by atoms with Gasteiger partial charge in [0.1, 0.15) is 0 Å². The molecular weight excluding hydrogens is 372 g/mol. The van der Waals surface area contributed by atoms with E-state index in [9.17, 15) is 14.4 Å². The number of fused-ring (bicyclic) bond motifs is 1. The van der Waals surface area contributed by atoms with E-state index in [0.29, 0.717) is 37.6 Å². The standard InChI is InChI=1S/C22H26N2O3S/c1-14(2)28-17-9-7-15(8-10-17)11-20(25)23-12-16(13-23)24-21(26)18-5-3-4-6-19(18)22(24)27/h3-4,7-10,14,16,18-19H,5-6,11-13H2,1-2H3. The molecule has 0 bridgehead atoms. The molecule has 0 N–H and O–H groups in total. The Morgan fingerprint density at radius 3 is 2.14 bits per heavy atom. The first-order valence-corrected chi connectivity index (χ1v) is 10.9. The van der Waals surface area contributed by atoms with Crippen LogP contribution in [0.2, 0.25) is 0 Å². The molecule has 28 heavy (non-hydrogen) atoms. The van der Waals surface area contributed by atoms with Crippen molar-refractivity contribution in [2.24, 2.45) is 11.8 Å². The average Bonchev–Trinajstić information content (AvgIpc) is 2.87. The lowest BCUT2D eigenvalue weighted by molar-refractivity contribution is -0.152. The molecule has 148 valence electrons. The average molecular weight is 399 g/mol. The van der Waals surface area contributed by atoms with Gasteiger partial charge >= 0.3 is 0 Å². The van der Waals surface area contributed by atoms with E-state index in [2.05, 4.69) is 26.0 Å². The lowest BCUT2D eigenvalue weighted by atomic mass is 9.85. The van der Waals surface area contributed by atoms with Crippen LogP contribution in [0.25, 0.3) is 0 Å². The summed E-state index contributed by atoms with van der Waals surface area (Å²) in [4.78, 5) is 42.2. The zero-order valence-electron chi connectivity index (χ0n) is 16.3. The Kier molecular flexibility index (Phi) is 5.32. The number of benzene rings is 1. The van der Waals surface area contributed by atoms with Crippen LogP contribution in [-0.2, 0) is 20.8 Å². The molecule has 5 nitrogen and oxygen atoms in total. The molecule has 2 fully saturated rings. The van der Waals surface area contributed by atoms with Crippen LogP contribution in [0.4, 0.5) is 0 Å². The van der Waals surface area contributed by atoms with Crippen molar-refractivity contribution in [2.45, 2.75) is 49.3 Å². The molecule has 2 heterocycles. The van der Waals surface area contributed by atoms with E-state index in [1.54, 1.807) is 16.7 Å². The van der Waals surface area contributed by atoms with Crippen LogP contribution in [0, 0.1) is 11.8 Å². The van der Waals surface area contributed by atoms with Gasteiger partial charge in [-0.25, -0.2) is 0 Å². The summed E-state index contributed by atoms with van der Waals surface area (Å²) in [5.74, 6) is -0.419. The number of hydrogen-bond donors (Lipinski definition) is 0. The summed E-state index contributed by atoms with van der Waals surface area (Å²) >= 11 is 1.80. The van der Waals surface area contributed by atoms with Crippen LogP contribution < -0.4 is 0 Å². The van der Waals surface area contributed by atoms with E-state index >= 15 is 0 Å². The van der Waals surface area contributed by atoms with Crippen molar-refractivity contribution in [2.75, 3.05) is 13.1 Å². The van der Waals surface area contributed by atoms with Crippen LogP contribution in [0.3, 0.4) is 0 Å². The molecule has 1 aliphatic carbocycles. The predicted octanol–water partition coefficient (Wildman–Crippen LogP) is 2.89. The van der Waals surface area contributed by atoms with E-state index in [4.69, 9.17) is 0 Å². The van der Waals surface area contributed by atoms with Crippen LogP contribution in [-0.4, -0.2) is 51.9 Å². The summed E-state index contributed by atoms with van der Waals surface area (Å²) in [5, 5.41) is 0.529. The van der Waals surface area contributed by atoms with Crippen molar-refractivity contribution >= 4 is 29.5 Å². The Balaban J connectivity index is 1.31. The van der Waals surface area contributed by atoms with E-state index < -0.39 is 0 Å². The van der Waals surface area contributed by atoms with Gasteiger partial charge in [0.05, 0.1) is 24.3 Å². The van der Waals surface area contributed by atoms with Crippen LogP contribution in [0.1, 0.15) is 32.3 Å². The van der Waals surface area contributed by atoms with Gasteiger partial charge in [0.15, 0.2) is 0 Å². The third-order valence-corrected chi connectivity index (χ3v) is 6.79. The molecule has 0 radical (unpaired) electrons. The molecular formula is C22H26N2O3S. The molecule has 0 aromatic heterocycles. The number of likely N-dealkylation sites (tertiary alicyclic amines) is 2. The fourth-order valence-electron chi connectivity index (χ4n) is 4.25. The molecule has 2 unspecified atom stereocenters. The van der Waals surface area contributed by atoms with Gasteiger partial charge in [0.25, 0.3) is 0 Å². The number of nitrogens with zero attached hydrogens (tertiary/aromatic N) is 2. The van der Waals surface area contributed by atoms with Crippen molar-refractivity contribution < 1.29 is 14.4 Å². The van der Waals surface area contributed by atoms with Crippen LogP contribution >= 0.6 is 11.8 Å². The maximum absolute atomic E-state index is 12.6. The third kappa shape index (κ3) is 3.62. The van der Waals surface area contributed by atoms with E-state index in [-0.39, 0.29) is 35.6 Å². The Labute approximate surface area is 170 Å². The molecule has 2 atom stereocenters. The van der Waals surface area contributed by atoms with Crippen molar-refractivity contribution in [3.05, 3.63) is 42.0 Å². The first-order chi connectivity index (χ1) is 13.4. The molecule has 0 spiro atoms. The van der Waals surface area contributed by atoms with Crippen molar-refractivity contribution in [3.63, 3.8) is 0 Å². The molecule has 2 aliphatic heterocycles. The van der Waals surface area contributed by atoms with Crippen molar-refractivity contribution in [1.82, 2.24) is 9.80 Å². The Morgan fingerprint density at radius 1 is 1.04 bits per heavy atom. The molecule has 4 rings (SSSR count). The second-order valence-corrected chi connectivity index (χ2v) is 9.79. The van der Waals surface area contributed by atoms with E-state index in [1.165, 1.54) is 9.80 Å². The quantitative estimate of drug-likeness (QED) is 0.435. The highest BCUT2D eigenvalue weighted by Crippen LogP contribution is 2.37. The lowest BCUT2D eigenvalue weighted by Gasteiger charge is -2.43. The second kappa shape index (κ2) is 7.74. The number of carbonyl (C=O) groups is 3. The minimum atomic E-state index is -0.190. The zero-order valence-corrected chi connectivity index (χ0v) is 17.2. The van der Waals surface area contributed by atoms with Gasteiger partial charge in [-0.1, -0.05) is 38.1 Å². The van der Waals surface area contributed by atoms with E-state index in [0.717, 1.165) is 5.56 Å². The van der Waals surface area contributed by atoms with Gasteiger partial charge in [0, 0.05) is 23.2 Å². The van der Waals surface area contributed by atoms with E-state index in [1.807, 2.05) is 24.3 Å². The zero-order chi connectivity index (χ0) is 19.8. The lowest BCUT2D eigenvalue weighted by Crippen LogP contribution is -2.62. The van der Waals surface area contributed by atoms with Gasteiger partial charge in [-0.15, -0.1) is 11.8 Å². The van der Waals surface area contributed by atoms with Gasteiger partial charge in [-0.2, -0.15) is 0 Å². The SMILES string of the molecule is CC(C)Sc1ccc(CC(=O)N2CC(N3C(=O)C4CC=CCC4C3=O)C2)cc1. The van der Waals surface area contributed by atoms with Crippen LogP contribution in [0.15, 0.2) is 41.3 Å². The van der Waals surface area contributed by atoms with Crippen LogP contribution in [0.5, 0.6) is 0 Å².